The number of hydrogen-bond donors (Lipinski definition) is 1. The summed E-state index contributed by atoms with van der Waals surface area (Å²) in [5, 5.41) is 0. The van der Waals surface area contributed by atoms with Gasteiger partial charge >= 0.3 is 6.09 Å². The Labute approximate surface area is 123 Å². The van der Waals surface area contributed by atoms with Gasteiger partial charge in [0.1, 0.15) is 5.82 Å². The van der Waals surface area contributed by atoms with Gasteiger partial charge in [0.05, 0.1) is 0 Å². The van der Waals surface area contributed by atoms with Gasteiger partial charge in [-0.25, -0.2) is 9.18 Å². The van der Waals surface area contributed by atoms with E-state index in [9.17, 15) is 14.0 Å². The zero-order chi connectivity index (χ0) is 14.0. The van der Waals surface area contributed by atoms with Crippen molar-refractivity contribution in [2.24, 2.45) is 5.73 Å². The van der Waals surface area contributed by atoms with Crippen LogP contribution in [0.5, 0.6) is 0 Å². The molecule has 1 aliphatic heterocycles. The molecule has 0 aromatic heterocycles. The molecule has 1 aromatic carbocycles. The molecule has 1 aliphatic rings. The maximum absolute atomic E-state index is 13.5. The summed E-state index contributed by atoms with van der Waals surface area (Å²) in [6, 6.07) is 4.55. The summed E-state index contributed by atoms with van der Waals surface area (Å²) < 4.78 is 18.8. The van der Waals surface area contributed by atoms with Gasteiger partial charge in [0, 0.05) is 15.8 Å². The Morgan fingerprint density at radius 3 is 2.89 bits per heavy atom. The zero-order valence-electron chi connectivity index (χ0n) is 9.94. The van der Waals surface area contributed by atoms with Crippen LogP contribution in [0.15, 0.2) is 18.2 Å². The van der Waals surface area contributed by atoms with Crippen molar-refractivity contribution < 1.29 is 18.7 Å². The molecular weight excluding hydrogens is 366 g/mol. The van der Waals surface area contributed by atoms with E-state index in [4.69, 9.17) is 10.5 Å². The summed E-state index contributed by atoms with van der Waals surface area (Å²) in [5.74, 6) is -0.755. The number of halogens is 2. The van der Waals surface area contributed by atoms with Crippen LogP contribution in [-0.4, -0.2) is 24.6 Å². The second-order valence-corrected chi connectivity index (χ2v) is 5.32. The number of ether oxygens (including phenoxy) is 1. The van der Waals surface area contributed by atoms with Gasteiger partial charge in [-0.15, -0.1) is 0 Å². The maximum Gasteiger partial charge on any atom is 0.405 e. The fraction of sp³-hybridized carbons (Fsp3) is 0.333. The standard InChI is InChI=1S/C12H12FIN2O3/c13-8-6-7(3-4-9(8)14)16-5-1-2-10(11(16)17)19-12(15)18/h3-4,6,10H,1-2,5H2,(H2,15,18). The van der Waals surface area contributed by atoms with Crippen molar-refractivity contribution >= 4 is 40.3 Å². The average molecular weight is 378 g/mol. The lowest BCUT2D eigenvalue weighted by atomic mass is 10.1. The van der Waals surface area contributed by atoms with Crippen LogP contribution >= 0.6 is 22.6 Å². The first-order chi connectivity index (χ1) is 8.99. The van der Waals surface area contributed by atoms with Crippen molar-refractivity contribution in [3.63, 3.8) is 0 Å². The van der Waals surface area contributed by atoms with E-state index in [2.05, 4.69) is 0 Å². The Hall–Kier alpha value is -1.38. The summed E-state index contributed by atoms with van der Waals surface area (Å²) in [6.45, 7) is 0.470. The van der Waals surface area contributed by atoms with Crippen molar-refractivity contribution in [1.82, 2.24) is 0 Å². The van der Waals surface area contributed by atoms with Crippen LogP contribution in [0, 0.1) is 9.39 Å². The second kappa shape index (κ2) is 5.72. The van der Waals surface area contributed by atoms with Gasteiger partial charge in [-0.3, -0.25) is 4.79 Å². The summed E-state index contributed by atoms with van der Waals surface area (Å²) in [5.41, 5.74) is 5.38. The fourth-order valence-corrected chi connectivity index (χ4v) is 2.34. The Morgan fingerprint density at radius 2 is 2.26 bits per heavy atom. The molecule has 0 bridgehead atoms. The number of amides is 2. The van der Waals surface area contributed by atoms with E-state index >= 15 is 0 Å². The molecule has 2 N–H and O–H groups in total. The van der Waals surface area contributed by atoms with Gasteiger partial charge in [-0.1, -0.05) is 0 Å². The molecule has 1 saturated heterocycles. The highest BCUT2D eigenvalue weighted by molar-refractivity contribution is 14.1. The minimum Gasteiger partial charge on any atom is -0.436 e. The van der Waals surface area contributed by atoms with E-state index in [0.29, 0.717) is 28.6 Å². The van der Waals surface area contributed by atoms with Gasteiger partial charge in [-0.2, -0.15) is 0 Å². The van der Waals surface area contributed by atoms with Gasteiger partial charge < -0.3 is 15.4 Å². The number of benzene rings is 1. The number of nitrogens with two attached hydrogens (primary N) is 1. The first kappa shape index (κ1) is 14.0. The molecule has 2 amide bonds. The molecule has 19 heavy (non-hydrogen) atoms. The lowest BCUT2D eigenvalue weighted by Gasteiger charge is -2.31. The molecule has 0 aliphatic carbocycles. The van der Waals surface area contributed by atoms with E-state index < -0.39 is 12.2 Å². The number of anilines is 1. The van der Waals surface area contributed by atoms with Crippen LogP contribution in [-0.2, 0) is 9.53 Å². The van der Waals surface area contributed by atoms with Gasteiger partial charge in [0.15, 0.2) is 6.10 Å². The third-order valence-electron chi connectivity index (χ3n) is 2.86. The maximum atomic E-state index is 13.5. The molecule has 1 heterocycles. The SMILES string of the molecule is NC(=O)OC1CCCN(c2ccc(I)c(F)c2)C1=O. The van der Waals surface area contributed by atoms with Crippen molar-refractivity contribution in [3.8, 4) is 0 Å². The third kappa shape index (κ3) is 3.14. The topological polar surface area (TPSA) is 72.6 Å². The van der Waals surface area contributed by atoms with E-state index in [0.717, 1.165) is 0 Å². The van der Waals surface area contributed by atoms with Crippen molar-refractivity contribution in [1.29, 1.82) is 0 Å². The van der Waals surface area contributed by atoms with Gasteiger partial charge in [0.25, 0.3) is 5.91 Å². The summed E-state index contributed by atoms with van der Waals surface area (Å²) in [6.07, 6.45) is -0.759. The number of hydrogen-bond acceptors (Lipinski definition) is 3. The lowest BCUT2D eigenvalue weighted by molar-refractivity contribution is -0.128. The summed E-state index contributed by atoms with van der Waals surface area (Å²) in [7, 11) is 0. The van der Waals surface area contributed by atoms with Gasteiger partial charge in [0.2, 0.25) is 0 Å². The van der Waals surface area contributed by atoms with Crippen LogP contribution in [0.25, 0.3) is 0 Å². The largest absolute Gasteiger partial charge is 0.436 e. The molecule has 1 atom stereocenters. The van der Waals surface area contributed by atoms with E-state index in [-0.39, 0.29) is 11.7 Å². The Balaban J connectivity index is 2.21. The monoisotopic (exact) mass is 378 g/mol. The first-order valence-corrected chi connectivity index (χ1v) is 6.79. The molecule has 0 radical (unpaired) electrons. The predicted octanol–water partition coefficient (Wildman–Crippen LogP) is 2.02. The highest BCUT2D eigenvalue weighted by Gasteiger charge is 2.32. The van der Waals surface area contributed by atoms with Crippen LogP contribution in [0.1, 0.15) is 12.8 Å². The first-order valence-electron chi connectivity index (χ1n) is 5.71. The number of nitrogens with zero attached hydrogens (tertiary/aromatic N) is 1. The van der Waals surface area contributed by atoms with Gasteiger partial charge in [-0.05, 0) is 53.6 Å². The zero-order valence-corrected chi connectivity index (χ0v) is 12.1. The smallest absolute Gasteiger partial charge is 0.405 e. The molecule has 1 unspecified atom stereocenters. The highest BCUT2D eigenvalue weighted by atomic mass is 127. The normalized spacial score (nSPS) is 19.4. The third-order valence-corrected chi connectivity index (χ3v) is 3.74. The summed E-state index contributed by atoms with van der Waals surface area (Å²) >= 11 is 1.87. The highest BCUT2D eigenvalue weighted by Crippen LogP contribution is 2.25. The number of piperidine rings is 1. The van der Waals surface area contributed by atoms with Crippen molar-refractivity contribution in [2.75, 3.05) is 11.4 Å². The number of primary amides is 1. The predicted molar refractivity (Wildman–Crippen MR) is 75.2 cm³/mol. The van der Waals surface area contributed by atoms with E-state index in [1.54, 1.807) is 12.1 Å². The number of carbonyl (C=O) groups excluding carboxylic acids is 2. The van der Waals surface area contributed by atoms with Crippen LogP contribution < -0.4 is 10.6 Å². The molecule has 2 rings (SSSR count). The van der Waals surface area contributed by atoms with Crippen molar-refractivity contribution in [3.05, 3.63) is 27.6 Å². The number of carbonyl (C=O) groups is 2. The minimum atomic E-state index is -0.978. The molecule has 0 spiro atoms. The molecular formula is C12H12FIN2O3. The minimum absolute atomic E-state index is 0.370. The Bertz CT molecular complexity index is 524. The lowest BCUT2D eigenvalue weighted by Crippen LogP contribution is -2.46. The molecule has 0 saturated carbocycles. The Kier molecular flexibility index (Phi) is 4.23. The van der Waals surface area contributed by atoms with E-state index in [1.807, 2.05) is 22.6 Å². The van der Waals surface area contributed by atoms with Crippen LogP contribution in [0.3, 0.4) is 0 Å². The molecule has 5 nitrogen and oxygen atoms in total. The number of rotatable bonds is 2. The fourth-order valence-electron chi connectivity index (χ4n) is 2.00. The Morgan fingerprint density at radius 1 is 1.53 bits per heavy atom. The molecule has 1 aromatic rings. The van der Waals surface area contributed by atoms with Crippen LogP contribution in [0.2, 0.25) is 0 Å². The molecule has 1 fully saturated rings. The molecule has 7 heteroatoms. The average Bonchev–Trinajstić information content (AvgIpc) is 2.35. The second-order valence-electron chi connectivity index (χ2n) is 4.16. The van der Waals surface area contributed by atoms with E-state index in [1.165, 1.54) is 11.0 Å². The molecule has 102 valence electrons. The van der Waals surface area contributed by atoms with Crippen LogP contribution in [0.4, 0.5) is 14.9 Å². The quantitative estimate of drug-likeness (QED) is 0.801. The van der Waals surface area contributed by atoms with Crippen molar-refractivity contribution in [2.45, 2.75) is 18.9 Å². The summed E-state index contributed by atoms with van der Waals surface area (Å²) in [4.78, 5) is 24.3.